The maximum Gasteiger partial charge on any atom is 0.222 e. The number of rotatable bonds is 9. The van der Waals surface area contributed by atoms with E-state index in [0.29, 0.717) is 18.9 Å². The molecule has 0 aromatic rings. The van der Waals surface area contributed by atoms with E-state index in [1.807, 2.05) is 0 Å². The van der Waals surface area contributed by atoms with Gasteiger partial charge in [0, 0.05) is 33.3 Å². The Balaban J connectivity index is 0. The minimum Gasteiger partial charge on any atom is -0.380 e. The van der Waals surface area contributed by atoms with Crippen molar-refractivity contribution >= 4 is 30.7 Å². The van der Waals surface area contributed by atoms with Crippen molar-refractivity contribution in [3.63, 3.8) is 0 Å². The first-order valence-corrected chi connectivity index (χ1v) is 7.91. The lowest BCUT2D eigenvalue weighted by Gasteiger charge is -2.32. The molecule has 0 aromatic heterocycles. The zero-order valence-electron chi connectivity index (χ0n) is 14.6. The Morgan fingerprint density at radius 1 is 1.35 bits per heavy atom. The Hall–Kier alpha value is -0.110. The molecule has 1 saturated heterocycles. The largest absolute Gasteiger partial charge is 0.380 e. The molecule has 1 amide bonds. The fourth-order valence-corrected chi connectivity index (χ4v) is 2.56. The number of hydrogen-bond acceptors (Lipinski definition) is 5. The summed E-state index contributed by atoms with van der Waals surface area (Å²) in [5, 5.41) is 3.02. The third-order valence-electron chi connectivity index (χ3n) is 4.17. The summed E-state index contributed by atoms with van der Waals surface area (Å²) in [6.07, 6.45) is 2.52. The van der Waals surface area contributed by atoms with Crippen molar-refractivity contribution in [1.29, 1.82) is 0 Å². The molecule has 1 unspecified atom stereocenters. The smallest absolute Gasteiger partial charge is 0.222 e. The first-order valence-electron chi connectivity index (χ1n) is 7.91. The summed E-state index contributed by atoms with van der Waals surface area (Å²) in [6, 6.07) is 0. The molecule has 8 heteroatoms. The van der Waals surface area contributed by atoms with Crippen molar-refractivity contribution in [1.82, 2.24) is 15.1 Å². The lowest BCUT2D eigenvalue weighted by molar-refractivity contribution is -0.123. The molecule has 6 nitrogen and oxygen atoms in total. The van der Waals surface area contributed by atoms with Crippen molar-refractivity contribution in [2.24, 2.45) is 11.7 Å². The van der Waals surface area contributed by atoms with Crippen molar-refractivity contribution in [3.05, 3.63) is 0 Å². The van der Waals surface area contributed by atoms with Gasteiger partial charge in [-0.1, -0.05) is 0 Å². The van der Waals surface area contributed by atoms with Gasteiger partial charge in [-0.15, -0.1) is 24.8 Å². The number of halogens is 2. The van der Waals surface area contributed by atoms with Gasteiger partial charge in [-0.05, 0) is 45.9 Å². The van der Waals surface area contributed by atoms with E-state index < -0.39 is 0 Å². The monoisotopic (exact) mass is 372 g/mol. The van der Waals surface area contributed by atoms with E-state index in [4.69, 9.17) is 10.5 Å². The molecule has 0 radical (unpaired) electrons. The summed E-state index contributed by atoms with van der Waals surface area (Å²) in [5.41, 5.74) is 5.52. The summed E-state index contributed by atoms with van der Waals surface area (Å²) >= 11 is 0. The van der Waals surface area contributed by atoms with E-state index in [1.54, 1.807) is 7.11 Å². The van der Waals surface area contributed by atoms with Crippen LogP contribution in [0.25, 0.3) is 0 Å². The number of carbonyl (C=O) groups is 1. The van der Waals surface area contributed by atoms with E-state index in [-0.39, 0.29) is 36.8 Å². The Morgan fingerprint density at radius 3 is 2.43 bits per heavy atom. The number of likely N-dealkylation sites (tertiary alicyclic amines) is 1. The Kier molecular flexibility index (Phi) is 15.6. The molecule has 0 bridgehead atoms. The molecule has 1 rings (SSSR count). The normalized spacial score (nSPS) is 17.3. The fraction of sp³-hybridized carbons (Fsp3) is 0.933. The van der Waals surface area contributed by atoms with Crippen LogP contribution in [0.15, 0.2) is 0 Å². The van der Waals surface area contributed by atoms with Gasteiger partial charge < -0.3 is 25.6 Å². The maximum absolute atomic E-state index is 11.8. The summed E-state index contributed by atoms with van der Waals surface area (Å²) in [7, 11) is 5.81. The predicted octanol–water partition coefficient (Wildman–Crippen LogP) is 0.584. The van der Waals surface area contributed by atoms with E-state index in [9.17, 15) is 4.79 Å². The van der Waals surface area contributed by atoms with Crippen LogP contribution in [0.2, 0.25) is 0 Å². The molecular formula is C15H34Cl2N4O2. The third-order valence-corrected chi connectivity index (χ3v) is 4.17. The molecular weight excluding hydrogens is 339 g/mol. The highest BCUT2D eigenvalue weighted by molar-refractivity contribution is 5.85. The van der Waals surface area contributed by atoms with Crippen LogP contribution < -0.4 is 11.1 Å². The van der Waals surface area contributed by atoms with Crippen LogP contribution in [0.1, 0.15) is 19.3 Å². The molecule has 1 fully saturated rings. The molecule has 0 saturated carbocycles. The quantitative estimate of drug-likeness (QED) is 0.619. The lowest BCUT2D eigenvalue weighted by Crippen LogP contribution is -2.41. The topological polar surface area (TPSA) is 70.8 Å². The van der Waals surface area contributed by atoms with Crippen LogP contribution in [0.3, 0.4) is 0 Å². The molecule has 1 aliphatic rings. The van der Waals surface area contributed by atoms with E-state index >= 15 is 0 Å². The molecule has 1 aliphatic heterocycles. The number of nitrogens with zero attached hydrogens (tertiary/aromatic N) is 2. The van der Waals surface area contributed by atoms with Crippen LogP contribution in [0.4, 0.5) is 0 Å². The number of carbonyl (C=O) groups excluding carboxylic acids is 1. The standard InChI is InChI=1S/C15H32N4O2.2ClH/c1-18(2)8-9-19-6-4-13(5-7-19)12-17-15(20)10-14(11-16)21-3;;/h13-14H,4-12,16H2,1-3H3,(H,17,20);2*1H. The van der Waals surface area contributed by atoms with Gasteiger partial charge in [0.05, 0.1) is 12.5 Å². The number of nitrogens with one attached hydrogen (secondary N) is 1. The van der Waals surface area contributed by atoms with Crippen LogP contribution in [-0.2, 0) is 9.53 Å². The van der Waals surface area contributed by atoms with Crippen molar-refractivity contribution < 1.29 is 9.53 Å². The Labute approximate surface area is 153 Å². The summed E-state index contributed by atoms with van der Waals surface area (Å²) in [6.45, 7) is 5.68. The molecule has 0 aromatic carbocycles. The number of hydrogen-bond donors (Lipinski definition) is 2. The second-order valence-electron chi connectivity index (χ2n) is 6.19. The van der Waals surface area contributed by atoms with Crippen LogP contribution in [0.5, 0.6) is 0 Å². The first kappa shape index (κ1) is 25.1. The van der Waals surface area contributed by atoms with Crippen LogP contribution >= 0.6 is 24.8 Å². The number of piperidine rings is 1. The van der Waals surface area contributed by atoms with Gasteiger partial charge in [-0.3, -0.25) is 4.79 Å². The highest BCUT2D eigenvalue weighted by atomic mass is 35.5. The second kappa shape index (κ2) is 14.3. The van der Waals surface area contributed by atoms with E-state index in [2.05, 4.69) is 29.2 Å². The maximum atomic E-state index is 11.8. The Morgan fingerprint density at radius 2 is 1.96 bits per heavy atom. The zero-order chi connectivity index (χ0) is 15.7. The molecule has 1 heterocycles. The molecule has 1 atom stereocenters. The van der Waals surface area contributed by atoms with Crippen LogP contribution in [0, 0.1) is 5.92 Å². The van der Waals surface area contributed by atoms with E-state index in [0.717, 1.165) is 45.6 Å². The molecule has 0 aliphatic carbocycles. The van der Waals surface area contributed by atoms with Crippen molar-refractivity contribution in [2.45, 2.75) is 25.4 Å². The molecule has 140 valence electrons. The second-order valence-corrected chi connectivity index (χ2v) is 6.19. The number of ether oxygens (including phenoxy) is 1. The van der Waals surface area contributed by atoms with Gasteiger partial charge in [-0.25, -0.2) is 0 Å². The third kappa shape index (κ3) is 11.1. The number of amides is 1. The number of nitrogens with two attached hydrogens (primary N) is 1. The number of likely N-dealkylation sites (N-methyl/N-ethyl adjacent to an activating group) is 1. The Bertz CT molecular complexity index is 297. The summed E-state index contributed by atoms with van der Waals surface area (Å²) < 4.78 is 5.13. The number of methoxy groups -OCH3 is 1. The van der Waals surface area contributed by atoms with Gasteiger partial charge in [0.2, 0.25) is 5.91 Å². The highest BCUT2D eigenvalue weighted by Crippen LogP contribution is 2.16. The molecule has 3 N–H and O–H groups in total. The SMILES string of the molecule is COC(CN)CC(=O)NCC1CCN(CCN(C)C)CC1.Cl.Cl. The van der Waals surface area contributed by atoms with Gasteiger partial charge in [0.25, 0.3) is 0 Å². The summed E-state index contributed by atoms with van der Waals surface area (Å²) in [4.78, 5) is 16.5. The van der Waals surface area contributed by atoms with Gasteiger partial charge in [-0.2, -0.15) is 0 Å². The minimum absolute atomic E-state index is 0. The average molecular weight is 373 g/mol. The highest BCUT2D eigenvalue weighted by Gasteiger charge is 2.20. The van der Waals surface area contributed by atoms with Crippen LogP contribution in [-0.4, -0.2) is 82.3 Å². The fourth-order valence-electron chi connectivity index (χ4n) is 2.56. The predicted molar refractivity (Wildman–Crippen MR) is 99.7 cm³/mol. The minimum atomic E-state index is -0.169. The van der Waals surface area contributed by atoms with E-state index in [1.165, 1.54) is 0 Å². The lowest BCUT2D eigenvalue weighted by atomic mass is 9.96. The van der Waals surface area contributed by atoms with Gasteiger partial charge in [0.1, 0.15) is 0 Å². The van der Waals surface area contributed by atoms with Crippen molar-refractivity contribution in [3.8, 4) is 0 Å². The first-order chi connectivity index (χ1) is 10.0. The molecule has 0 spiro atoms. The van der Waals surface area contributed by atoms with Gasteiger partial charge >= 0.3 is 0 Å². The molecule has 23 heavy (non-hydrogen) atoms. The van der Waals surface area contributed by atoms with Gasteiger partial charge in [0.15, 0.2) is 0 Å². The summed E-state index contributed by atoms with van der Waals surface area (Å²) in [5.74, 6) is 0.644. The average Bonchev–Trinajstić information content (AvgIpc) is 2.49. The zero-order valence-corrected chi connectivity index (χ0v) is 16.3. The van der Waals surface area contributed by atoms with Crippen molar-refractivity contribution in [2.75, 3.05) is 60.5 Å².